The molecule has 0 fully saturated rings. The van der Waals surface area contributed by atoms with Gasteiger partial charge in [0.25, 0.3) is 0 Å². The lowest BCUT2D eigenvalue weighted by Crippen LogP contribution is -2.18. The van der Waals surface area contributed by atoms with E-state index in [0.717, 1.165) is 6.42 Å². The predicted molar refractivity (Wildman–Crippen MR) is 80.6 cm³/mol. The van der Waals surface area contributed by atoms with Gasteiger partial charge in [-0.3, -0.25) is 0 Å². The zero-order valence-corrected chi connectivity index (χ0v) is 12.8. The number of hydrogen-bond donors (Lipinski definition) is 1. The van der Waals surface area contributed by atoms with Crippen LogP contribution in [0, 0.1) is 18.6 Å². The van der Waals surface area contributed by atoms with Gasteiger partial charge in [-0.15, -0.1) is 0 Å². The Hall–Kier alpha value is -1.26. The van der Waals surface area contributed by atoms with Gasteiger partial charge >= 0.3 is 0 Å². The van der Waals surface area contributed by atoms with Gasteiger partial charge in [0.2, 0.25) is 0 Å². The van der Waals surface area contributed by atoms with E-state index in [1.54, 1.807) is 0 Å². The Morgan fingerprint density at radius 2 is 1.95 bits per heavy atom. The monoisotopic (exact) mass is 339 g/mol. The van der Waals surface area contributed by atoms with Crippen molar-refractivity contribution in [3.63, 3.8) is 0 Å². The fourth-order valence-electron chi connectivity index (χ4n) is 2.04. The van der Waals surface area contributed by atoms with Crippen LogP contribution in [-0.4, -0.2) is 6.54 Å². The van der Waals surface area contributed by atoms with E-state index in [-0.39, 0.29) is 16.6 Å². The molecule has 20 heavy (non-hydrogen) atoms. The van der Waals surface area contributed by atoms with E-state index in [1.807, 2.05) is 19.1 Å². The van der Waals surface area contributed by atoms with Crippen LogP contribution in [0.3, 0.4) is 0 Å². The molecule has 0 atom stereocenters. The van der Waals surface area contributed by atoms with E-state index < -0.39 is 11.6 Å². The van der Waals surface area contributed by atoms with Crippen LogP contribution >= 0.6 is 15.9 Å². The van der Waals surface area contributed by atoms with Crippen molar-refractivity contribution in [2.24, 2.45) is 0 Å². The number of benzene rings is 2. The van der Waals surface area contributed by atoms with E-state index in [0.29, 0.717) is 6.54 Å². The van der Waals surface area contributed by atoms with Gasteiger partial charge in [0.1, 0.15) is 11.6 Å². The molecule has 2 aromatic carbocycles. The van der Waals surface area contributed by atoms with E-state index in [4.69, 9.17) is 0 Å². The average Bonchev–Trinajstić information content (AvgIpc) is 2.42. The second kappa shape index (κ2) is 6.95. The Morgan fingerprint density at radius 1 is 1.15 bits per heavy atom. The molecule has 0 bridgehead atoms. The van der Waals surface area contributed by atoms with Crippen LogP contribution in [0.5, 0.6) is 0 Å². The molecule has 106 valence electrons. The minimum atomic E-state index is -0.534. The van der Waals surface area contributed by atoms with E-state index >= 15 is 0 Å². The van der Waals surface area contributed by atoms with Gasteiger partial charge in [-0.25, -0.2) is 8.78 Å². The number of rotatable bonds is 5. The predicted octanol–water partition coefficient (Wildman–Crippen LogP) is 4.37. The van der Waals surface area contributed by atoms with Crippen LogP contribution in [0.15, 0.2) is 40.9 Å². The van der Waals surface area contributed by atoms with Crippen molar-refractivity contribution in [1.82, 2.24) is 5.32 Å². The molecule has 0 aromatic heterocycles. The van der Waals surface area contributed by atoms with Gasteiger partial charge in [0.15, 0.2) is 0 Å². The van der Waals surface area contributed by atoms with Crippen molar-refractivity contribution >= 4 is 15.9 Å². The minimum Gasteiger partial charge on any atom is -0.312 e. The largest absolute Gasteiger partial charge is 0.312 e. The molecule has 0 spiro atoms. The quantitative estimate of drug-likeness (QED) is 0.630. The summed E-state index contributed by atoms with van der Waals surface area (Å²) in [6.07, 6.45) is 0.832. The van der Waals surface area contributed by atoms with Crippen molar-refractivity contribution in [2.75, 3.05) is 6.54 Å². The molecule has 0 aliphatic rings. The molecule has 0 saturated heterocycles. The molecule has 0 radical (unpaired) electrons. The van der Waals surface area contributed by atoms with Gasteiger partial charge < -0.3 is 5.32 Å². The number of hydrogen-bond acceptors (Lipinski definition) is 1. The summed E-state index contributed by atoms with van der Waals surface area (Å²) in [7, 11) is 0. The summed E-state index contributed by atoms with van der Waals surface area (Å²) in [5, 5.41) is 3.08. The van der Waals surface area contributed by atoms with Gasteiger partial charge in [-0.05, 0) is 53.5 Å². The van der Waals surface area contributed by atoms with Crippen LogP contribution in [0.1, 0.15) is 16.7 Å². The molecule has 0 amide bonds. The zero-order chi connectivity index (χ0) is 14.5. The first-order chi connectivity index (χ1) is 9.58. The Morgan fingerprint density at radius 3 is 2.70 bits per heavy atom. The fraction of sp³-hybridized carbons (Fsp3) is 0.250. The smallest absolute Gasteiger partial charge is 0.144 e. The lowest BCUT2D eigenvalue weighted by Gasteiger charge is -2.08. The maximum absolute atomic E-state index is 13.7. The molecule has 4 heteroatoms. The molecule has 0 aliphatic carbocycles. The van der Waals surface area contributed by atoms with E-state index in [9.17, 15) is 8.78 Å². The third kappa shape index (κ3) is 3.87. The molecular formula is C16H16BrF2N. The molecule has 0 aliphatic heterocycles. The maximum atomic E-state index is 13.7. The van der Waals surface area contributed by atoms with Crippen molar-refractivity contribution in [3.05, 3.63) is 69.2 Å². The fourth-order valence-corrected chi connectivity index (χ4v) is 2.42. The van der Waals surface area contributed by atoms with Gasteiger partial charge in [-0.2, -0.15) is 0 Å². The molecule has 2 rings (SSSR count). The van der Waals surface area contributed by atoms with Crippen molar-refractivity contribution < 1.29 is 8.78 Å². The summed E-state index contributed by atoms with van der Waals surface area (Å²) < 4.78 is 27.6. The maximum Gasteiger partial charge on any atom is 0.144 e. The van der Waals surface area contributed by atoms with Gasteiger partial charge in [-0.1, -0.05) is 29.8 Å². The topological polar surface area (TPSA) is 12.0 Å². The highest BCUT2D eigenvalue weighted by Gasteiger charge is 2.11. The summed E-state index contributed by atoms with van der Waals surface area (Å²) in [4.78, 5) is 0. The van der Waals surface area contributed by atoms with Crippen LogP contribution in [-0.2, 0) is 13.0 Å². The van der Waals surface area contributed by atoms with E-state index in [1.165, 1.54) is 23.3 Å². The average molecular weight is 340 g/mol. The molecular weight excluding hydrogens is 324 g/mol. The molecule has 0 unspecified atom stereocenters. The minimum absolute atomic E-state index is 0.0728. The molecule has 0 heterocycles. The van der Waals surface area contributed by atoms with E-state index in [2.05, 4.69) is 33.4 Å². The third-order valence-electron chi connectivity index (χ3n) is 3.11. The lowest BCUT2D eigenvalue weighted by atomic mass is 10.1. The number of nitrogens with one attached hydrogen (secondary N) is 1. The lowest BCUT2D eigenvalue weighted by molar-refractivity contribution is 0.532. The van der Waals surface area contributed by atoms with Crippen molar-refractivity contribution in [1.29, 1.82) is 0 Å². The van der Waals surface area contributed by atoms with Gasteiger partial charge in [0.05, 0.1) is 4.47 Å². The molecule has 1 nitrogen and oxygen atoms in total. The van der Waals surface area contributed by atoms with Crippen LogP contribution in [0.4, 0.5) is 8.78 Å². The summed E-state index contributed by atoms with van der Waals surface area (Å²) in [5.74, 6) is -1.05. The van der Waals surface area contributed by atoms with Crippen LogP contribution in [0.2, 0.25) is 0 Å². The Kier molecular flexibility index (Phi) is 5.26. The number of halogens is 3. The first-order valence-corrected chi connectivity index (χ1v) is 7.26. The summed E-state index contributed by atoms with van der Waals surface area (Å²) in [6, 6.07) is 10.9. The standard InChI is InChI=1S/C16H16BrF2N/c1-11-3-2-4-12(9-11)7-8-20-10-13-15(18)6-5-14(17)16(13)19/h2-6,9,20H,7-8,10H2,1H3. The first-order valence-electron chi connectivity index (χ1n) is 6.46. The first kappa shape index (κ1) is 15.1. The Balaban J connectivity index is 1.89. The van der Waals surface area contributed by atoms with Crippen LogP contribution in [0.25, 0.3) is 0 Å². The summed E-state index contributed by atoms with van der Waals surface area (Å²) in [5.41, 5.74) is 2.50. The Labute approximate surface area is 126 Å². The summed E-state index contributed by atoms with van der Waals surface area (Å²) >= 11 is 3.06. The highest BCUT2D eigenvalue weighted by molar-refractivity contribution is 9.10. The SMILES string of the molecule is Cc1cccc(CCNCc2c(F)ccc(Br)c2F)c1. The second-order valence-corrected chi connectivity index (χ2v) is 5.59. The van der Waals surface area contributed by atoms with Gasteiger partial charge in [0, 0.05) is 12.1 Å². The molecule has 1 N–H and O–H groups in total. The zero-order valence-electron chi connectivity index (χ0n) is 11.2. The highest BCUT2D eigenvalue weighted by Crippen LogP contribution is 2.21. The second-order valence-electron chi connectivity index (χ2n) is 4.74. The highest BCUT2D eigenvalue weighted by atomic mass is 79.9. The normalized spacial score (nSPS) is 10.8. The molecule has 0 saturated carbocycles. The summed E-state index contributed by atoms with van der Waals surface area (Å²) in [6.45, 7) is 2.90. The third-order valence-corrected chi connectivity index (χ3v) is 3.73. The van der Waals surface area contributed by atoms with Crippen molar-refractivity contribution in [2.45, 2.75) is 19.9 Å². The number of aryl methyl sites for hydroxylation is 1. The Bertz CT molecular complexity index is 599. The molecule has 2 aromatic rings. The van der Waals surface area contributed by atoms with Crippen LogP contribution < -0.4 is 5.32 Å². The van der Waals surface area contributed by atoms with Crippen molar-refractivity contribution in [3.8, 4) is 0 Å².